The Labute approximate surface area is 171 Å². The van der Waals surface area contributed by atoms with Gasteiger partial charge in [-0.2, -0.15) is 0 Å². The van der Waals surface area contributed by atoms with Gasteiger partial charge in [0.2, 0.25) is 0 Å². The van der Waals surface area contributed by atoms with Crippen molar-refractivity contribution in [1.82, 2.24) is 4.90 Å². The molecule has 5 atom stereocenters. The molecule has 1 N–H and O–H groups in total. The normalized spacial score (nSPS) is 39.8. The molecule has 4 nitrogen and oxygen atoms in total. The molecule has 1 spiro atoms. The van der Waals surface area contributed by atoms with E-state index in [1.807, 2.05) is 31.2 Å². The molecule has 6 rings (SSSR count). The summed E-state index contributed by atoms with van der Waals surface area (Å²) < 4.78 is 6.54. The van der Waals surface area contributed by atoms with E-state index in [-0.39, 0.29) is 16.9 Å². The van der Waals surface area contributed by atoms with Crippen LogP contribution in [0.1, 0.15) is 43.4 Å². The van der Waals surface area contributed by atoms with Gasteiger partial charge in [0.1, 0.15) is 0 Å². The van der Waals surface area contributed by atoms with Gasteiger partial charge < -0.3 is 14.7 Å². The van der Waals surface area contributed by atoms with Crippen molar-refractivity contribution in [2.45, 2.75) is 55.6 Å². The van der Waals surface area contributed by atoms with Crippen LogP contribution in [0.3, 0.4) is 0 Å². The van der Waals surface area contributed by atoms with Crippen molar-refractivity contribution in [2.24, 2.45) is 5.92 Å². The van der Waals surface area contributed by atoms with Gasteiger partial charge in [-0.25, -0.2) is 0 Å². The highest BCUT2D eigenvalue weighted by Crippen LogP contribution is 2.69. The lowest BCUT2D eigenvalue weighted by atomic mass is 9.43. The number of likely N-dealkylation sites (N-methyl/N-ethyl adjacent to an activating group) is 1. The molecule has 2 aliphatic carbocycles. The molecule has 2 aromatic carbocycles. The molecule has 2 bridgehead atoms. The van der Waals surface area contributed by atoms with E-state index in [0.29, 0.717) is 17.7 Å². The van der Waals surface area contributed by atoms with Gasteiger partial charge in [0, 0.05) is 11.6 Å². The van der Waals surface area contributed by atoms with Gasteiger partial charge in [0.15, 0.2) is 22.9 Å². The van der Waals surface area contributed by atoms with E-state index < -0.39 is 11.0 Å². The highest BCUT2D eigenvalue weighted by atomic mass is 16.5. The van der Waals surface area contributed by atoms with Crippen LogP contribution in [0.15, 0.2) is 42.5 Å². The van der Waals surface area contributed by atoms with Crippen molar-refractivity contribution in [3.63, 3.8) is 0 Å². The molecule has 150 valence electrons. The molecule has 2 fully saturated rings. The van der Waals surface area contributed by atoms with Crippen LogP contribution in [0.4, 0.5) is 0 Å². The molecule has 0 unspecified atom stereocenters. The number of hydrogen-bond donors (Lipinski definition) is 1. The molecule has 4 heteroatoms. The average Bonchev–Trinajstić information content (AvgIpc) is 3.00. The number of phenols is 1. The molecular formula is C25H27NO3. The Kier molecular flexibility index (Phi) is 3.16. The predicted octanol–water partition coefficient (Wildman–Crippen LogP) is 3.59. The summed E-state index contributed by atoms with van der Waals surface area (Å²) in [6, 6.07) is 14.3. The molecule has 0 amide bonds. The fraction of sp³-hybridized carbons (Fsp3) is 0.480. The standard InChI is InChI=1S/C25H27NO3/c1-23(16-7-5-4-6-8-16)14-17-18-13-15-9-10-19(27)21-20(15)25(17,11-12-26(18)3)24(2,29-21)22(23)28/h4-10,17-18,27H,11-14H2,1-3H3/t17-,18+,23+,24-,25-/m0/s1. The number of hydrogen-bond acceptors (Lipinski definition) is 4. The van der Waals surface area contributed by atoms with Gasteiger partial charge >= 0.3 is 0 Å². The summed E-state index contributed by atoms with van der Waals surface area (Å²) >= 11 is 0. The SMILES string of the molecule is CN1CC[C@]23c4c5ccc(O)c4O[C@@]2(C)C(=O)[C@@](C)(c2ccccc2)C[C@H]3[C@H]1C5. The number of phenolic OH excluding ortho intramolecular Hbond substituents is 1. The summed E-state index contributed by atoms with van der Waals surface area (Å²) in [6.07, 6.45) is 2.66. The lowest BCUT2D eigenvalue weighted by Crippen LogP contribution is -2.74. The first-order valence-electron chi connectivity index (χ1n) is 10.7. The van der Waals surface area contributed by atoms with E-state index in [1.165, 1.54) is 5.56 Å². The van der Waals surface area contributed by atoms with Crippen LogP contribution in [0.5, 0.6) is 11.5 Å². The van der Waals surface area contributed by atoms with Crippen LogP contribution in [-0.4, -0.2) is 41.0 Å². The van der Waals surface area contributed by atoms with Crippen LogP contribution in [0.25, 0.3) is 0 Å². The fourth-order valence-corrected chi connectivity index (χ4v) is 7.35. The molecule has 0 radical (unpaired) electrons. The van der Waals surface area contributed by atoms with Crippen molar-refractivity contribution < 1.29 is 14.6 Å². The first-order chi connectivity index (χ1) is 13.8. The monoisotopic (exact) mass is 389 g/mol. The number of ether oxygens (including phenoxy) is 1. The second kappa shape index (κ2) is 5.23. The van der Waals surface area contributed by atoms with Crippen LogP contribution in [-0.2, 0) is 22.0 Å². The number of carbonyl (C=O) groups excluding carboxylic acids is 1. The van der Waals surface area contributed by atoms with E-state index in [0.717, 1.165) is 36.9 Å². The highest BCUT2D eigenvalue weighted by Gasteiger charge is 2.75. The zero-order valence-electron chi connectivity index (χ0n) is 17.2. The Morgan fingerprint density at radius 3 is 2.66 bits per heavy atom. The number of nitrogens with zero attached hydrogens (tertiary/aromatic N) is 1. The molecule has 1 saturated heterocycles. The van der Waals surface area contributed by atoms with Crippen molar-refractivity contribution >= 4 is 5.78 Å². The van der Waals surface area contributed by atoms with Gasteiger partial charge in [0.05, 0.1) is 10.8 Å². The van der Waals surface area contributed by atoms with E-state index >= 15 is 0 Å². The topological polar surface area (TPSA) is 49.8 Å². The predicted molar refractivity (Wildman–Crippen MR) is 110 cm³/mol. The summed E-state index contributed by atoms with van der Waals surface area (Å²) in [5.41, 5.74) is 1.52. The number of likely N-dealkylation sites (tertiary alicyclic amines) is 1. The van der Waals surface area contributed by atoms with Crippen molar-refractivity contribution in [2.75, 3.05) is 13.6 Å². The number of ketones is 1. The van der Waals surface area contributed by atoms with Gasteiger partial charge in [-0.15, -0.1) is 0 Å². The molecule has 29 heavy (non-hydrogen) atoms. The van der Waals surface area contributed by atoms with Crippen LogP contribution in [0, 0.1) is 5.92 Å². The Balaban J connectivity index is 1.65. The summed E-state index contributed by atoms with van der Waals surface area (Å²) in [4.78, 5) is 16.7. The second-order valence-corrected chi connectivity index (χ2v) is 9.89. The average molecular weight is 389 g/mol. The number of carbonyl (C=O) groups is 1. The first-order valence-corrected chi connectivity index (χ1v) is 10.7. The summed E-state index contributed by atoms with van der Waals surface area (Å²) in [7, 11) is 2.22. The van der Waals surface area contributed by atoms with E-state index in [4.69, 9.17) is 4.74 Å². The first kappa shape index (κ1) is 17.5. The smallest absolute Gasteiger partial charge is 0.187 e. The lowest BCUT2D eigenvalue weighted by Gasteiger charge is -2.63. The Morgan fingerprint density at radius 2 is 1.90 bits per heavy atom. The zero-order chi connectivity index (χ0) is 20.2. The molecule has 2 aromatic rings. The summed E-state index contributed by atoms with van der Waals surface area (Å²) in [6.45, 7) is 5.05. The minimum absolute atomic E-state index is 0.152. The summed E-state index contributed by atoms with van der Waals surface area (Å²) in [5.74, 6) is 1.19. The Bertz CT molecular complexity index is 1050. The van der Waals surface area contributed by atoms with Crippen LogP contribution in [0.2, 0.25) is 0 Å². The van der Waals surface area contributed by atoms with Gasteiger partial charge in [-0.3, -0.25) is 4.79 Å². The maximum Gasteiger partial charge on any atom is 0.187 e. The lowest BCUT2D eigenvalue weighted by molar-refractivity contribution is -0.163. The number of Topliss-reactive ketones (excluding diaryl/α,β-unsaturated/α-hetero) is 1. The van der Waals surface area contributed by atoms with Gasteiger partial charge in [-0.05, 0) is 69.8 Å². The van der Waals surface area contributed by atoms with Crippen LogP contribution < -0.4 is 4.74 Å². The fourth-order valence-electron chi connectivity index (χ4n) is 7.35. The molecule has 1 saturated carbocycles. The zero-order valence-corrected chi connectivity index (χ0v) is 17.2. The largest absolute Gasteiger partial charge is 0.504 e. The number of piperidine rings is 1. The third kappa shape index (κ3) is 1.79. The Hall–Kier alpha value is -2.33. The van der Waals surface area contributed by atoms with Gasteiger partial charge in [0.25, 0.3) is 0 Å². The number of rotatable bonds is 1. The van der Waals surface area contributed by atoms with Crippen LogP contribution >= 0.6 is 0 Å². The third-order valence-electron chi connectivity index (χ3n) is 8.75. The van der Waals surface area contributed by atoms with E-state index in [1.54, 1.807) is 6.07 Å². The summed E-state index contributed by atoms with van der Waals surface area (Å²) in [5, 5.41) is 10.7. The maximum atomic E-state index is 14.3. The number of aromatic hydroxyl groups is 1. The minimum Gasteiger partial charge on any atom is -0.504 e. The third-order valence-corrected chi connectivity index (χ3v) is 8.75. The van der Waals surface area contributed by atoms with E-state index in [9.17, 15) is 9.90 Å². The second-order valence-electron chi connectivity index (χ2n) is 9.89. The molecule has 2 heterocycles. The highest BCUT2D eigenvalue weighted by molar-refractivity contribution is 6.01. The van der Waals surface area contributed by atoms with Crippen molar-refractivity contribution in [3.05, 3.63) is 59.2 Å². The maximum absolute atomic E-state index is 14.3. The van der Waals surface area contributed by atoms with Gasteiger partial charge in [-0.1, -0.05) is 36.4 Å². The molecule has 0 aromatic heterocycles. The number of benzene rings is 2. The van der Waals surface area contributed by atoms with Crippen molar-refractivity contribution in [1.29, 1.82) is 0 Å². The van der Waals surface area contributed by atoms with E-state index in [2.05, 4.69) is 31.0 Å². The minimum atomic E-state index is -0.962. The van der Waals surface area contributed by atoms with Crippen molar-refractivity contribution in [3.8, 4) is 11.5 Å². The molecule has 4 aliphatic rings. The molecular weight excluding hydrogens is 362 g/mol. The molecule has 2 aliphatic heterocycles. The quantitative estimate of drug-likeness (QED) is 0.810. The Morgan fingerprint density at radius 1 is 1.14 bits per heavy atom.